The zero-order valence-corrected chi connectivity index (χ0v) is 12.7. The molecule has 0 spiro atoms. The maximum atomic E-state index is 5.63. The normalized spacial score (nSPS) is 20.1. The molecule has 1 saturated heterocycles. The lowest BCUT2D eigenvalue weighted by molar-refractivity contribution is 0.391. The molecule has 1 fully saturated rings. The maximum absolute atomic E-state index is 5.63. The quantitative estimate of drug-likeness (QED) is 0.606. The van der Waals surface area contributed by atoms with E-state index in [9.17, 15) is 0 Å². The predicted octanol–water partition coefficient (Wildman–Crippen LogP) is 3.41. The van der Waals surface area contributed by atoms with E-state index in [0.717, 1.165) is 17.1 Å². The Morgan fingerprint density at radius 3 is 2.64 bits per heavy atom. The van der Waals surface area contributed by atoms with Crippen molar-refractivity contribution < 1.29 is 14.2 Å². The first-order valence-electron chi connectivity index (χ1n) is 7.23. The molecule has 4 nitrogen and oxygen atoms in total. The van der Waals surface area contributed by atoms with Crippen molar-refractivity contribution in [2.75, 3.05) is 14.2 Å². The summed E-state index contributed by atoms with van der Waals surface area (Å²) in [5.74, 6) is 1.56. The number of rotatable bonds is 6. The van der Waals surface area contributed by atoms with Gasteiger partial charge in [0.15, 0.2) is 0 Å². The zero-order chi connectivity index (χ0) is 15.4. The van der Waals surface area contributed by atoms with E-state index in [1.165, 1.54) is 5.56 Å². The van der Waals surface area contributed by atoms with Gasteiger partial charge in [-0.15, -0.1) is 0 Å². The van der Waals surface area contributed by atoms with Crippen LogP contribution in [0.2, 0.25) is 0 Å². The third-order valence-corrected chi connectivity index (χ3v) is 3.66. The lowest BCUT2D eigenvalue weighted by Crippen LogP contribution is -1.95. The summed E-state index contributed by atoms with van der Waals surface area (Å²) in [7, 11) is 3.29. The van der Waals surface area contributed by atoms with E-state index in [1.54, 1.807) is 14.2 Å². The lowest BCUT2D eigenvalue weighted by Gasteiger charge is -2.08. The maximum Gasteiger partial charge on any atom is 0.127 e. The third-order valence-electron chi connectivity index (χ3n) is 3.66. The molecule has 1 aliphatic rings. The number of nitrogens with zero attached hydrogens (tertiary/aromatic N) is 1. The van der Waals surface area contributed by atoms with Gasteiger partial charge in [-0.1, -0.05) is 30.3 Å². The van der Waals surface area contributed by atoms with Crippen LogP contribution in [0.3, 0.4) is 0 Å². The Balaban J connectivity index is 1.59. The van der Waals surface area contributed by atoms with Crippen molar-refractivity contribution in [1.82, 2.24) is 0 Å². The average molecular weight is 297 g/mol. The summed E-state index contributed by atoms with van der Waals surface area (Å²) in [5, 5.41) is 0. The molecule has 22 heavy (non-hydrogen) atoms. The molecule has 3 rings (SSSR count). The van der Waals surface area contributed by atoms with Crippen LogP contribution in [0, 0.1) is 0 Å². The number of epoxide rings is 1. The van der Waals surface area contributed by atoms with Crippen molar-refractivity contribution in [3.63, 3.8) is 0 Å². The van der Waals surface area contributed by atoms with Crippen LogP contribution in [0.4, 0.5) is 0 Å². The summed E-state index contributed by atoms with van der Waals surface area (Å²) in [6.07, 6.45) is 2.09. The summed E-state index contributed by atoms with van der Waals surface area (Å²) < 4.78 is 16.2. The van der Waals surface area contributed by atoms with Crippen molar-refractivity contribution >= 4 is 6.21 Å². The van der Waals surface area contributed by atoms with Crippen LogP contribution in [-0.4, -0.2) is 26.5 Å². The molecule has 0 radical (unpaired) electrons. The molecule has 0 N–H and O–H groups in total. The summed E-state index contributed by atoms with van der Waals surface area (Å²) >= 11 is 0. The highest BCUT2D eigenvalue weighted by Gasteiger charge is 2.38. The van der Waals surface area contributed by atoms with Gasteiger partial charge in [0.05, 0.1) is 20.8 Å². The molecule has 2 aromatic rings. The molecule has 1 heterocycles. The Labute approximate surface area is 130 Å². The predicted molar refractivity (Wildman–Crippen MR) is 85.8 cm³/mol. The van der Waals surface area contributed by atoms with Crippen molar-refractivity contribution in [3.05, 3.63) is 59.7 Å². The summed E-state index contributed by atoms with van der Waals surface area (Å²) in [4.78, 5) is 4.47. The molecule has 0 aliphatic carbocycles. The molecule has 0 unspecified atom stereocenters. The van der Waals surface area contributed by atoms with E-state index in [1.807, 2.05) is 42.6 Å². The van der Waals surface area contributed by atoms with Crippen molar-refractivity contribution in [2.24, 2.45) is 4.99 Å². The first-order chi connectivity index (χ1) is 10.8. The van der Waals surface area contributed by atoms with Gasteiger partial charge in [0.25, 0.3) is 0 Å². The second kappa shape index (κ2) is 6.62. The first-order valence-corrected chi connectivity index (χ1v) is 7.23. The Kier molecular flexibility index (Phi) is 4.39. The van der Waals surface area contributed by atoms with E-state index in [-0.39, 0.29) is 12.2 Å². The molecule has 0 bridgehead atoms. The third kappa shape index (κ3) is 3.28. The Bertz CT molecular complexity index is 655. The van der Waals surface area contributed by atoms with Crippen molar-refractivity contribution in [1.29, 1.82) is 0 Å². The van der Waals surface area contributed by atoms with Crippen LogP contribution >= 0.6 is 0 Å². The minimum absolute atomic E-state index is 0.0756. The highest BCUT2D eigenvalue weighted by Crippen LogP contribution is 2.37. The van der Waals surface area contributed by atoms with Crippen LogP contribution < -0.4 is 9.47 Å². The van der Waals surface area contributed by atoms with Crippen LogP contribution in [0.15, 0.2) is 53.5 Å². The second-order valence-corrected chi connectivity index (χ2v) is 5.10. The molecule has 0 saturated carbocycles. The molecular formula is C18H19NO3. The molecule has 2 atom stereocenters. The fourth-order valence-electron chi connectivity index (χ4n) is 2.39. The van der Waals surface area contributed by atoms with Crippen LogP contribution in [0.5, 0.6) is 11.5 Å². The molecule has 2 aromatic carbocycles. The van der Waals surface area contributed by atoms with Gasteiger partial charge in [-0.2, -0.15) is 0 Å². The molecule has 114 valence electrons. The number of methoxy groups -OCH3 is 2. The number of hydrogen-bond donors (Lipinski definition) is 0. The van der Waals surface area contributed by atoms with Gasteiger partial charge < -0.3 is 14.2 Å². The van der Waals surface area contributed by atoms with Crippen LogP contribution in [0.1, 0.15) is 17.2 Å². The van der Waals surface area contributed by atoms with E-state index in [4.69, 9.17) is 14.2 Å². The number of benzene rings is 2. The van der Waals surface area contributed by atoms with Gasteiger partial charge in [0.1, 0.15) is 23.7 Å². The molecule has 4 heteroatoms. The fourth-order valence-corrected chi connectivity index (χ4v) is 2.39. The summed E-state index contributed by atoms with van der Waals surface area (Å²) in [6, 6.07) is 15.9. The van der Waals surface area contributed by atoms with E-state index in [0.29, 0.717) is 6.54 Å². The Hall–Kier alpha value is -2.33. The monoisotopic (exact) mass is 297 g/mol. The topological polar surface area (TPSA) is 43.3 Å². The van der Waals surface area contributed by atoms with Gasteiger partial charge in [-0.3, -0.25) is 4.99 Å². The standard InChI is InChI=1S/C18H19NO3/c1-20-15-9-8-14(16(10-15)21-2)11-19-12-17-18(22-17)13-6-4-3-5-7-13/h3-10,12,17-18H,11H2,1-2H3/t17-,18-/m0/s1. The van der Waals surface area contributed by atoms with Gasteiger partial charge in [0.2, 0.25) is 0 Å². The van der Waals surface area contributed by atoms with E-state index >= 15 is 0 Å². The Morgan fingerprint density at radius 1 is 1.09 bits per heavy atom. The minimum Gasteiger partial charge on any atom is -0.497 e. The second-order valence-electron chi connectivity index (χ2n) is 5.10. The number of aliphatic imine (C=N–C) groups is 1. The summed E-state index contributed by atoms with van der Waals surface area (Å²) in [5.41, 5.74) is 2.22. The smallest absolute Gasteiger partial charge is 0.127 e. The molecule has 0 amide bonds. The van der Waals surface area contributed by atoms with Gasteiger partial charge >= 0.3 is 0 Å². The van der Waals surface area contributed by atoms with E-state index in [2.05, 4.69) is 17.1 Å². The largest absolute Gasteiger partial charge is 0.497 e. The molecule has 0 aromatic heterocycles. The highest BCUT2D eigenvalue weighted by atomic mass is 16.6. The zero-order valence-electron chi connectivity index (χ0n) is 12.7. The Morgan fingerprint density at radius 2 is 1.91 bits per heavy atom. The van der Waals surface area contributed by atoms with Crippen LogP contribution in [-0.2, 0) is 11.3 Å². The summed E-state index contributed by atoms with van der Waals surface area (Å²) in [6.45, 7) is 0.564. The minimum atomic E-state index is 0.0756. The highest BCUT2D eigenvalue weighted by molar-refractivity contribution is 5.68. The SMILES string of the molecule is COc1ccc(CN=C[C@@H]2O[C@H]2c2ccccc2)c(OC)c1. The molecule has 1 aliphatic heterocycles. The van der Waals surface area contributed by atoms with Crippen LogP contribution in [0.25, 0.3) is 0 Å². The average Bonchev–Trinajstić information content (AvgIpc) is 3.35. The van der Waals surface area contributed by atoms with E-state index < -0.39 is 0 Å². The van der Waals surface area contributed by atoms with Gasteiger partial charge in [0, 0.05) is 17.8 Å². The van der Waals surface area contributed by atoms with Gasteiger partial charge in [-0.05, 0) is 17.7 Å². The number of hydrogen-bond acceptors (Lipinski definition) is 4. The fraction of sp³-hybridized carbons (Fsp3) is 0.278. The van der Waals surface area contributed by atoms with Crippen molar-refractivity contribution in [2.45, 2.75) is 18.8 Å². The lowest BCUT2D eigenvalue weighted by atomic mass is 10.1. The number of ether oxygens (including phenoxy) is 3. The molecular weight excluding hydrogens is 278 g/mol. The van der Waals surface area contributed by atoms with Gasteiger partial charge in [-0.25, -0.2) is 0 Å². The first kappa shape index (κ1) is 14.6. The van der Waals surface area contributed by atoms with Crippen molar-refractivity contribution in [3.8, 4) is 11.5 Å².